The van der Waals surface area contributed by atoms with Crippen LogP contribution in [0.3, 0.4) is 0 Å². The van der Waals surface area contributed by atoms with E-state index in [9.17, 15) is 18.0 Å². The Balaban J connectivity index is 1.94. The standard InChI is InChI=1S/C23H27F3N4O3/c1-4-5-9-27-18(31)12-17-19(23-32-10-11-33-23)22(30-14(3)29-17)28-13(2)15-7-6-8-16(20(15)24)21(25)26/h4,6-8,13,21,23H,1,5,9-12H2,2-3H3,(H,27,31)(H,28,29,30)/t13-/m1/s1. The molecule has 1 aliphatic heterocycles. The van der Waals surface area contributed by atoms with Gasteiger partial charge in [-0.3, -0.25) is 4.79 Å². The van der Waals surface area contributed by atoms with Crippen LogP contribution in [0.15, 0.2) is 30.9 Å². The summed E-state index contributed by atoms with van der Waals surface area (Å²) in [7, 11) is 0. The quantitative estimate of drug-likeness (QED) is 0.403. The molecular weight excluding hydrogens is 437 g/mol. The molecule has 2 heterocycles. The number of anilines is 1. The number of carbonyl (C=O) groups is 1. The lowest BCUT2D eigenvalue weighted by Gasteiger charge is -2.23. The number of carbonyl (C=O) groups excluding carboxylic acids is 1. The molecule has 1 amide bonds. The molecule has 0 unspecified atom stereocenters. The third-order valence-corrected chi connectivity index (χ3v) is 5.11. The molecule has 1 aromatic carbocycles. The minimum atomic E-state index is -2.93. The number of aromatic nitrogens is 2. The first kappa shape index (κ1) is 24.7. The largest absolute Gasteiger partial charge is 0.363 e. The van der Waals surface area contributed by atoms with Crippen LogP contribution in [-0.4, -0.2) is 35.6 Å². The summed E-state index contributed by atoms with van der Waals surface area (Å²) in [6.45, 7) is 8.06. The summed E-state index contributed by atoms with van der Waals surface area (Å²) in [6.07, 6.45) is -1.46. The summed E-state index contributed by atoms with van der Waals surface area (Å²) >= 11 is 0. The van der Waals surface area contributed by atoms with E-state index in [0.29, 0.717) is 43.3 Å². The second kappa shape index (κ2) is 11.2. The molecule has 2 aromatic rings. The third kappa shape index (κ3) is 6.08. The first-order valence-corrected chi connectivity index (χ1v) is 10.6. The van der Waals surface area contributed by atoms with Crippen molar-refractivity contribution in [1.29, 1.82) is 0 Å². The minimum absolute atomic E-state index is 0.0443. The van der Waals surface area contributed by atoms with Crippen molar-refractivity contribution in [2.75, 3.05) is 25.1 Å². The van der Waals surface area contributed by atoms with E-state index in [-0.39, 0.29) is 23.7 Å². The van der Waals surface area contributed by atoms with Gasteiger partial charge in [0.25, 0.3) is 6.43 Å². The average molecular weight is 464 g/mol. The van der Waals surface area contributed by atoms with Crippen molar-refractivity contribution in [2.45, 2.75) is 45.4 Å². The van der Waals surface area contributed by atoms with Crippen LogP contribution in [0.2, 0.25) is 0 Å². The fourth-order valence-corrected chi connectivity index (χ4v) is 3.54. The molecule has 1 fully saturated rings. The van der Waals surface area contributed by atoms with Gasteiger partial charge in [-0.15, -0.1) is 6.58 Å². The molecule has 1 saturated heterocycles. The van der Waals surface area contributed by atoms with Crippen LogP contribution in [0.5, 0.6) is 0 Å². The molecular formula is C23H27F3N4O3. The second-order valence-corrected chi connectivity index (χ2v) is 7.57. The van der Waals surface area contributed by atoms with Crippen LogP contribution in [0.25, 0.3) is 0 Å². The third-order valence-electron chi connectivity index (χ3n) is 5.11. The fraction of sp³-hybridized carbons (Fsp3) is 0.435. The van der Waals surface area contributed by atoms with E-state index in [0.717, 1.165) is 6.07 Å². The van der Waals surface area contributed by atoms with Gasteiger partial charge in [0.2, 0.25) is 5.91 Å². The van der Waals surface area contributed by atoms with Crippen molar-refractivity contribution >= 4 is 11.7 Å². The van der Waals surface area contributed by atoms with Crippen molar-refractivity contribution in [1.82, 2.24) is 15.3 Å². The molecule has 2 N–H and O–H groups in total. The summed E-state index contributed by atoms with van der Waals surface area (Å²) in [4.78, 5) is 21.3. The molecule has 0 bridgehead atoms. The van der Waals surface area contributed by atoms with E-state index in [4.69, 9.17) is 9.47 Å². The molecule has 1 atom stereocenters. The number of alkyl halides is 2. The maximum Gasteiger partial charge on any atom is 0.266 e. The number of amides is 1. The van der Waals surface area contributed by atoms with Crippen LogP contribution in [-0.2, 0) is 20.7 Å². The summed E-state index contributed by atoms with van der Waals surface area (Å²) in [5.74, 6) is -0.557. The van der Waals surface area contributed by atoms with Crippen molar-refractivity contribution < 1.29 is 27.4 Å². The maximum absolute atomic E-state index is 14.7. The van der Waals surface area contributed by atoms with Gasteiger partial charge in [-0.05, 0) is 20.3 Å². The summed E-state index contributed by atoms with van der Waals surface area (Å²) in [6, 6.07) is 3.16. The van der Waals surface area contributed by atoms with E-state index in [1.54, 1.807) is 19.9 Å². The highest BCUT2D eigenvalue weighted by Crippen LogP contribution is 2.34. The fourth-order valence-electron chi connectivity index (χ4n) is 3.54. The molecule has 10 heteroatoms. The van der Waals surface area contributed by atoms with Gasteiger partial charge >= 0.3 is 0 Å². The topological polar surface area (TPSA) is 85.4 Å². The number of hydrogen-bond acceptors (Lipinski definition) is 6. The van der Waals surface area contributed by atoms with Gasteiger partial charge in [0, 0.05) is 12.1 Å². The van der Waals surface area contributed by atoms with Crippen molar-refractivity contribution in [3.8, 4) is 0 Å². The first-order valence-electron chi connectivity index (χ1n) is 10.6. The van der Waals surface area contributed by atoms with Gasteiger partial charge in [-0.1, -0.05) is 24.3 Å². The number of benzene rings is 1. The molecule has 3 rings (SSSR count). The van der Waals surface area contributed by atoms with Gasteiger partial charge in [0.05, 0.1) is 42.5 Å². The normalized spacial score (nSPS) is 15.0. The lowest BCUT2D eigenvalue weighted by Crippen LogP contribution is -2.27. The average Bonchev–Trinajstić information content (AvgIpc) is 3.27. The zero-order chi connectivity index (χ0) is 24.0. The Morgan fingerprint density at radius 2 is 1.97 bits per heavy atom. The van der Waals surface area contributed by atoms with Gasteiger partial charge in [-0.2, -0.15) is 0 Å². The second-order valence-electron chi connectivity index (χ2n) is 7.57. The molecule has 0 aliphatic carbocycles. The number of hydrogen-bond donors (Lipinski definition) is 2. The number of rotatable bonds is 10. The van der Waals surface area contributed by atoms with Gasteiger partial charge in [-0.25, -0.2) is 23.1 Å². The Morgan fingerprint density at radius 3 is 2.64 bits per heavy atom. The SMILES string of the molecule is C=CCCNC(=O)Cc1nc(C)nc(N[C@H](C)c2cccc(C(F)F)c2F)c1C1OCCO1. The van der Waals surface area contributed by atoms with Crippen LogP contribution in [0.1, 0.15) is 60.3 Å². The summed E-state index contributed by atoms with van der Waals surface area (Å²) < 4.78 is 52.3. The number of aryl methyl sites for hydroxylation is 1. The van der Waals surface area contributed by atoms with E-state index < -0.39 is 30.1 Å². The molecule has 0 spiro atoms. The lowest BCUT2D eigenvalue weighted by molar-refractivity contribution is -0.120. The number of nitrogens with zero attached hydrogens (tertiary/aromatic N) is 2. The Morgan fingerprint density at radius 1 is 1.27 bits per heavy atom. The Kier molecular flexibility index (Phi) is 8.40. The molecule has 178 valence electrons. The monoisotopic (exact) mass is 464 g/mol. The highest BCUT2D eigenvalue weighted by molar-refractivity contribution is 5.79. The molecule has 1 aromatic heterocycles. The molecule has 1 aliphatic rings. The molecule has 0 saturated carbocycles. The van der Waals surface area contributed by atoms with Gasteiger partial charge < -0.3 is 20.1 Å². The Bertz CT molecular complexity index is 997. The highest BCUT2D eigenvalue weighted by Gasteiger charge is 2.29. The predicted octanol–water partition coefficient (Wildman–Crippen LogP) is 4.32. The summed E-state index contributed by atoms with van der Waals surface area (Å²) in [5, 5.41) is 5.86. The highest BCUT2D eigenvalue weighted by atomic mass is 19.3. The predicted molar refractivity (Wildman–Crippen MR) is 116 cm³/mol. The molecule has 0 radical (unpaired) electrons. The van der Waals surface area contributed by atoms with Crippen LogP contribution >= 0.6 is 0 Å². The molecule has 33 heavy (non-hydrogen) atoms. The van der Waals surface area contributed by atoms with Crippen LogP contribution < -0.4 is 10.6 Å². The smallest absolute Gasteiger partial charge is 0.266 e. The number of nitrogens with one attached hydrogen (secondary N) is 2. The van der Waals surface area contributed by atoms with Crippen molar-refractivity contribution in [3.63, 3.8) is 0 Å². The van der Waals surface area contributed by atoms with E-state index in [1.165, 1.54) is 12.1 Å². The van der Waals surface area contributed by atoms with Gasteiger partial charge in [0.15, 0.2) is 6.29 Å². The maximum atomic E-state index is 14.7. The van der Waals surface area contributed by atoms with E-state index in [1.807, 2.05) is 0 Å². The molecule has 7 nitrogen and oxygen atoms in total. The Labute approximate surface area is 190 Å². The minimum Gasteiger partial charge on any atom is -0.363 e. The zero-order valence-electron chi connectivity index (χ0n) is 18.5. The van der Waals surface area contributed by atoms with Crippen molar-refractivity contribution in [3.05, 3.63) is 64.9 Å². The Hall–Kier alpha value is -2.98. The van der Waals surface area contributed by atoms with Crippen molar-refractivity contribution in [2.24, 2.45) is 0 Å². The van der Waals surface area contributed by atoms with E-state index in [2.05, 4.69) is 27.2 Å². The first-order chi connectivity index (χ1) is 15.8. The summed E-state index contributed by atoms with van der Waals surface area (Å²) in [5.41, 5.74) is 0.225. The van der Waals surface area contributed by atoms with E-state index >= 15 is 0 Å². The lowest BCUT2D eigenvalue weighted by atomic mass is 10.0. The number of halogens is 3. The zero-order valence-corrected chi connectivity index (χ0v) is 18.5. The van der Waals surface area contributed by atoms with Crippen LogP contribution in [0, 0.1) is 12.7 Å². The number of ether oxygens (including phenoxy) is 2. The van der Waals surface area contributed by atoms with Gasteiger partial charge in [0.1, 0.15) is 17.5 Å². The van der Waals surface area contributed by atoms with Crippen LogP contribution in [0.4, 0.5) is 19.0 Å².